The molecule has 1 aromatic heterocycles. The Morgan fingerprint density at radius 1 is 1.35 bits per heavy atom. The van der Waals surface area contributed by atoms with Crippen LogP contribution in [0.15, 0.2) is 12.3 Å². The highest BCUT2D eigenvalue weighted by Crippen LogP contribution is 2.35. The van der Waals surface area contributed by atoms with E-state index >= 15 is 0 Å². The largest absolute Gasteiger partial charge is 0.484 e. The molecule has 144 valence electrons. The van der Waals surface area contributed by atoms with Gasteiger partial charge in [0.25, 0.3) is 0 Å². The Kier molecular flexibility index (Phi) is 5.34. The van der Waals surface area contributed by atoms with Gasteiger partial charge in [0.05, 0.1) is 19.2 Å². The summed E-state index contributed by atoms with van der Waals surface area (Å²) in [5.74, 6) is -0.0652. The van der Waals surface area contributed by atoms with Crippen molar-refractivity contribution in [3.05, 3.63) is 17.8 Å². The Hall–Kier alpha value is -2.51. The van der Waals surface area contributed by atoms with Gasteiger partial charge >= 0.3 is 12.1 Å². The van der Waals surface area contributed by atoms with E-state index in [1.807, 2.05) is 34.6 Å². The van der Waals surface area contributed by atoms with Crippen LogP contribution in [0.5, 0.6) is 5.75 Å². The van der Waals surface area contributed by atoms with Crippen molar-refractivity contribution in [3.63, 3.8) is 0 Å². The van der Waals surface area contributed by atoms with Crippen molar-refractivity contribution in [2.24, 2.45) is 5.41 Å². The van der Waals surface area contributed by atoms with Gasteiger partial charge in [-0.2, -0.15) is 0 Å². The molecule has 1 saturated heterocycles. The smallest absolute Gasteiger partial charge is 0.410 e. The molecule has 8 heteroatoms. The van der Waals surface area contributed by atoms with Gasteiger partial charge in [0.15, 0.2) is 11.6 Å². The summed E-state index contributed by atoms with van der Waals surface area (Å²) < 4.78 is 16.2. The van der Waals surface area contributed by atoms with E-state index in [1.165, 1.54) is 19.4 Å². The van der Waals surface area contributed by atoms with Gasteiger partial charge < -0.3 is 24.8 Å². The van der Waals surface area contributed by atoms with E-state index in [1.54, 1.807) is 4.90 Å². The van der Waals surface area contributed by atoms with E-state index < -0.39 is 11.6 Å². The van der Waals surface area contributed by atoms with Crippen LogP contribution in [0.2, 0.25) is 0 Å². The molecular weight excluding hydrogens is 338 g/mol. The average Bonchev–Trinajstić information content (AvgIpc) is 2.82. The molecule has 1 amide bonds. The Labute approximate surface area is 153 Å². The van der Waals surface area contributed by atoms with Crippen LogP contribution < -0.4 is 10.5 Å². The number of rotatable bonds is 3. The summed E-state index contributed by atoms with van der Waals surface area (Å²) >= 11 is 0. The molecule has 8 nitrogen and oxygen atoms in total. The maximum Gasteiger partial charge on any atom is 0.410 e. The third-order valence-electron chi connectivity index (χ3n) is 4.08. The maximum absolute atomic E-state index is 12.3. The number of hydrogen-bond acceptors (Lipinski definition) is 7. The number of nitrogens with zero attached hydrogens (tertiary/aromatic N) is 2. The number of carbonyl (C=O) groups excluding carboxylic acids is 2. The van der Waals surface area contributed by atoms with Crippen molar-refractivity contribution in [2.75, 3.05) is 25.9 Å². The van der Waals surface area contributed by atoms with E-state index in [4.69, 9.17) is 19.9 Å². The summed E-state index contributed by atoms with van der Waals surface area (Å²) in [4.78, 5) is 29.6. The maximum atomic E-state index is 12.3. The van der Waals surface area contributed by atoms with Gasteiger partial charge in [0.2, 0.25) is 0 Å². The summed E-state index contributed by atoms with van der Waals surface area (Å²) in [5.41, 5.74) is 5.23. The molecule has 1 atom stereocenters. The second-order valence-corrected chi connectivity index (χ2v) is 8.05. The summed E-state index contributed by atoms with van der Waals surface area (Å²) in [5, 5.41) is 0. The van der Waals surface area contributed by atoms with Gasteiger partial charge in [0.1, 0.15) is 11.7 Å². The van der Waals surface area contributed by atoms with Crippen LogP contribution >= 0.6 is 0 Å². The van der Waals surface area contributed by atoms with E-state index in [9.17, 15) is 9.59 Å². The molecule has 0 saturated carbocycles. The highest BCUT2D eigenvalue weighted by molar-refractivity contribution is 5.89. The Morgan fingerprint density at radius 2 is 2.00 bits per heavy atom. The van der Waals surface area contributed by atoms with E-state index in [2.05, 4.69) is 4.98 Å². The number of esters is 1. The van der Waals surface area contributed by atoms with Gasteiger partial charge in [-0.3, -0.25) is 0 Å². The summed E-state index contributed by atoms with van der Waals surface area (Å²) in [6.07, 6.45) is 0.624. The lowest BCUT2D eigenvalue weighted by Gasteiger charge is -2.26. The van der Waals surface area contributed by atoms with Crippen LogP contribution in [-0.4, -0.2) is 53.9 Å². The number of hydrogen-bond donors (Lipinski definition) is 1. The molecular formula is C18H27N3O5. The third-order valence-corrected chi connectivity index (χ3v) is 4.08. The zero-order valence-electron chi connectivity index (χ0n) is 16.2. The number of nitrogens with two attached hydrogens (primary N) is 1. The first-order chi connectivity index (χ1) is 11.9. The third kappa shape index (κ3) is 4.56. The Morgan fingerprint density at radius 3 is 2.58 bits per heavy atom. The van der Waals surface area contributed by atoms with Gasteiger partial charge in [-0.15, -0.1) is 0 Å². The first-order valence-electron chi connectivity index (χ1n) is 8.41. The zero-order valence-corrected chi connectivity index (χ0v) is 16.2. The van der Waals surface area contributed by atoms with Crippen molar-refractivity contribution >= 4 is 17.9 Å². The van der Waals surface area contributed by atoms with Gasteiger partial charge in [0, 0.05) is 24.2 Å². The number of anilines is 1. The minimum Gasteiger partial charge on any atom is -0.484 e. The molecule has 0 aliphatic carbocycles. The Bertz CT molecular complexity index is 697. The van der Waals surface area contributed by atoms with E-state index in [0.29, 0.717) is 13.1 Å². The number of aromatic nitrogens is 1. The van der Waals surface area contributed by atoms with E-state index in [-0.39, 0.29) is 34.7 Å². The molecule has 26 heavy (non-hydrogen) atoms. The van der Waals surface area contributed by atoms with Crippen LogP contribution in [0.25, 0.3) is 0 Å². The second kappa shape index (κ2) is 7.01. The minimum absolute atomic E-state index is 0.171. The SMILES string of the molecule is COC(=O)c1cnc(N)c(OC2CN(C(=O)OC(C)(C)C)CC2(C)C)c1. The number of amides is 1. The first kappa shape index (κ1) is 19.8. The molecule has 1 aromatic rings. The molecule has 2 heterocycles. The lowest BCUT2D eigenvalue weighted by molar-refractivity contribution is 0.0272. The molecule has 0 spiro atoms. The van der Waals surface area contributed by atoms with Crippen molar-refractivity contribution in [2.45, 2.75) is 46.3 Å². The highest BCUT2D eigenvalue weighted by atomic mass is 16.6. The summed E-state index contributed by atoms with van der Waals surface area (Å²) in [6, 6.07) is 1.50. The number of likely N-dealkylation sites (tertiary alicyclic amines) is 1. The summed E-state index contributed by atoms with van der Waals surface area (Å²) in [6.45, 7) is 10.3. The Balaban J connectivity index is 2.16. The number of nitrogen functional groups attached to an aromatic ring is 1. The van der Waals surface area contributed by atoms with E-state index in [0.717, 1.165) is 0 Å². The number of pyridine rings is 1. The lowest BCUT2D eigenvalue weighted by atomic mass is 9.90. The highest BCUT2D eigenvalue weighted by Gasteiger charge is 2.44. The fraction of sp³-hybridized carbons (Fsp3) is 0.611. The number of carbonyl (C=O) groups is 2. The molecule has 0 aromatic carbocycles. The zero-order chi connectivity index (χ0) is 19.7. The van der Waals surface area contributed by atoms with Crippen LogP contribution in [0.1, 0.15) is 45.0 Å². The molecule has 1 aliphatic heterocycles. The van der Waals surface area contributed by atoms with Crippen molar-refractivity contribution < 1.29 is 23.8 Å². The molecule has 0 radical (unpaired) electrons. The van der Waals surface area contributed by atoms with Crippen LogP contribution in [-0.2, 0) is 9.47 Å². The second-order valence-electron chi connectivity index (χ2n) is 8.05. The van der Waals surface area contributed by atoms with Crippen molar-refractivity contribution in [1.82, 2.24) is 9.88 Å². The summed E-state index contributed by atoms with van der Waals surface area (Å²) in [7, 11) is 1.29. The minimum atomic E-state index is -0.566. The van der Waals surface area contributed by atoms with Crippen molar-refractivity contribution in [1.29, 1.82) is 0 Å². The number of ether oxygens (including phenoxy) is 3. The topological polar surface area (TPSA) is 104 Å². The normalized spacial score (nSPS) is 19.2. The molecule has 0 bridgehead atoms. The number of methoxy groups -OCH3 is 1. The average molecular weight is 365 g/mol. The van der Waals surface area contributed by atoms with Crippen LogP contribution in [0.3, 0.4) is 0 Å². The molecule has 1 fully saturated rings. The van der Waals surface area contributed by atoms with Gasteiger partial charge in [-0.05, 0) is 20.8 Å². The quantitative estimate of drug-likeness (QED) is 0.821. The fourth-order valence-corrected chi connectivity index (χ4v) is 2.70. The predicted molar refractivity (Wildman–Crippen MR) is 96.0 cm³/mol. The molecule has 2 N–H and O–H groups in total. The lowest BCUT2D eigenvalue weighted by Crippen LogP contribution is -2.36. The monoisotopic (exact) mass is 365 g/mol. The van der Waals surface area contributed by atoms with Gasteiger partial charge in [-0.25, -0.2) is 14.6 Å². The molecule has 2 rings (SSSR count). The van der Waals surface area contributed by atoms with Crippen LogP contribution in [0.4, 0.5) is 10.6 Å². The molecule has 1 unspecified atom stereocenters. The van der Waals surface area contributed by atoms with Crippen molar-refractivity contribution in [3.8, 4) is 5.75 Å². The van der Waals surface area contributed by atoms with Gasteiger partial charge in [-0.1, -0.05) is 13.8 Å². The standard InChI is InChI=1S/C18H27N3O5/c1-17(2,3)26-16(23)21-9-13(18(4,5)10-21)25-12-7-11(15(22)24-6)8-20-14(12)19/h7-8,13H,9-10H2,1-6H3,(H2,19,20). The first-order valence-corrected chi connectivity index (χ1v) is 8.41. The fourth-order valence-electron chi connectivity index (χ4n) is 2.70. The molecule has 1 aliphatic rings. The predicted octanol–water partition coefficient (Wildman–Crippen LogP) is 2.47. The van der Waals surface area contributed by atoms with Crippen LogP contribution in [0, 0.1) is 5.41 Å².